The lowest BCUT2D eigenvalue weighted by atomic mass is 9.95. The van der Waals surface area contributed by atoms with Crippen molar-refractivity contribution in [2.24, 2.45) is 11.8 Å². The van der Waals surface area contributed by atoms with Crippen molar-refractivity contribution >= 4 is 11.7 Å². The van der Waals surface area contributed by atoms with E-state index in [0.717, 1.165) is 24.1 Å². The zero-order chi connectivity index (χ0) is 15.3. The van der Waals surface area contributed by atoms with Crippen LogP contribution in [0.25, 0.3) is 0 Å². The SMILES string of the molecule is Cc1cc(C(=O)O)ccc1NC(CC(C)C)CC(C)C. The van der Waals surface area contributed by atoms with Gasteiger partial charge in [0.05, 0.1) is 5.56 Å². The molecule has 3 heteroatoms. The van der Waals surface area contributed by atoms with Crippen molar-refractivity contribution in [2.45, 2.75) is 53.5 Å². The first-order chi connectivity index (χ1) is 9.29. The second-order valence-electron chi connectivity index (χ2n) is 6.44. The Kier molecular flexibility index (Phi) is 6.05. The number of hydrogen-bond donors (Lipinski definition) is 2. The average Bonchev–Trinajstić information content (AvgIpc) is 2.29. The topological polar surface area (TPSA) is 49.3 Å². The Labute approximate surface area is 122 Å². The molecule has 1 rings (SSSR count). The predicted octanol–water partition coefficient (Wildman–Crippen LogP) is 4.57. The van der Waals surface area contributed by atoms with Crippen molar-refractivity contribution in [1.29, 1.82) is 0 Å². The molecule has 2 N–H and O–H groups in total. The highest BCUT2D eigenvalue weighted by molar-refractivity contribution is 5.88. The van der Waals surface area contributed by atoms with Crippen LogP contribution in [0.1, 0.15) is 56.5 Å². The Hall–Kier alpha value is -1.51. The summed E-state index contributed by atoms with van der Waals surface area (Å²) in [5, 5.41) is 12.6. The van der Waals surface area contributed by atoms with Gasteiger partial charge in [-0.2, -0.15) is 0 Å². The molecule has 0 saturated carbocycles. The van der Waals surface area contributed by atoms with E-state index in [9.17, 15) is 4.79 Å². The summed E-state index contributed by atoms with van der Waals surface area (Å²) in [5.41, 5.74) is 2.38. The van der Waals surface area contributed by atoms with Crippen molar-refractivity contribution in [3.8, 4) is 0 Å². The Bertz CT molecular complexity index is 442. The second-order valence-corrected chi connectivity index (χ2v) is 6.44. The van der Waals surface area contributed by atoms with Crippen molar-refractivity contribution in [3.63, 3.8) is 0 Å². The van der Waals surface area contributed by atoms with Gasteiger partial charge in [0, 0.05) is 11.7 Å². The molecule has 3 nitrogen and oxygen atoms in total. The van der Waals surface area contributed by atoms with Gasteiger partial charge in [-0.3, -0.25) is 0 Å². The molecule has 0 aliphatic carbocycles. The van der Waals surface area contributed by atoms with Crippen LogP contribution in [0, 0.1) is 18.8 Å². The molecule has 0 fully saturated rings. The number of aryl methyl sites for hydroxylation is 1. The van der Waals surface area contributed by atoms with E-state index in [-0.39, 0.29) is 0 Å². The molecule has 0 aromatic heterocycles. The summed E-state index contributed by atoms with van der Waals surface area (Å²) in [7, 11) is 0. The maximum atomic E-state index is 11.0. The fourth-order valence-corrected chi connectivity index (χ4v) is 2.53. The minimum Gasteiger partial charge on any atom is -0.478 e. The molecule has 1 aromatic carbocycles. The first-order valence-corrected chi connectivity index (χ1v) is 7.40. The van der Waals surface area contributed by atoms with Crippen LogP contribution >= 0.6 is 0 Å². The molecular formula is C17H27NO2. The summed E-state index contributed by atoms with van der Waals surface area (Å²) in [6.45, 7) is 10.9. The molecule has 0 atom stereocenters. The molecule has 0 unspecified atom stereocenters. The van der Waals surface area contributed by atoms with Crippen LogP contribution in [-0.2, 0) is 0 Å². The number of benzene rings is 1. The lowest BCUT2D eigenvalue weighted by Crippen LogP contribution is -2.24. The van der Waals surface area contributed by atoms with Gasteiger partial charge < -0.3 is 10.4 Å². The maximum Gasteiger partial charge on any atom is 0.335 e. The summed E-state index contributed by atoms with van der Waals surface area (Å²) < 4.78 is 0. The molecule has 0 aliphatic rings. The summed E-state index contributed by atoms with van der Waals surface area (Å²) in [5.74, 6) is 0.412. The highest BCUT2D eigenvalue weighted by atomic mass is 16.4. The number of carbonyl (C=O) groups is 1. The van der Waals surface area contributed by atoms with Gasteiger partial charge in [-0.05, 0) is 55.4 Å². The standard InChI is InChI=1S/C17H27NO2/c1-11(2)8-15(9-12(3)4)18-16-7-6-14(17(19)20)10-13(16)5/h6-7,10-12,15,18H,8-9H2,1-5H3,(H,19,20). The normalized spacial score (nSPS) is 11.4. The van der Waals surface area contributed by atoms with E-state index in [1.807, 2.05) is 13.0 Å². The third kappa shape index (κ3) is 5.24. The molecule has 0 radical (unpaired) electrons. The fourth-order valence-electron chi connectivity index (χ4n) is 2.53. The molecule has 1 aromatic rings. The van der Waals surface area contributed by atoms with Gasteiger partial charge in [0.25, 0.3) is 0 Å². The van der Waals surface area contributed by atoms with Crippen LogP contribution in [0.2, 0.25) is 0 Å². The molecule has 0 heterocycles. The maximum absolute atomic E-state index is 11.0. The summed E-state index contributed by atoms with van der Waals surface area (Å²) in [6, 6.07) is 5.71. The number of carboxylic acids is 1. The van der Waals surface area contributed by atoms with Crippen molar-refractivity contribution < 1.29 is 9.90 Å². The molecular weight excluding hydrogens is 250 g/mol. The van der Waals surface area contributed by atoms with Crippen molar-refractivity contribution in [1.82, 2.24) is 0 Å². The first-order valence-electron chi connectivity index (χ1n) is 7.40. The summed E-state index contributed by atoms with van der Waals surface area (Å²) >= 11 is 0. The van der Waals surface area contributed by atoms with Gasteiger partial charge in [-0.25, -0.2) is 4.79 Å². The third-order valence-corrected chi connectivity index (χ3v) is 3.34. The summed E-state index contributed by atoms with van der Waals surface area (Å²) in [6.07, 6.45) is 2.25. The minimum atomic E-state index is -0.874. The number of aromatic carboxylic acids is 1. The van der Waals surface area contributed by atoms with E-state index in [1.54, 1.807) is 12.1 Å². The van der Waals surface area contributed by atoms with Crippen LogP contribution in [0.4, 0.5) is 5.69 Å². The molecule has 0 amide bonds. The molecule has 0 bridgehead atoms. The van der Waals surface area contributed by atoms with E-state index in [4.69, 9.17) is 5.11 Å². The van der Waals surface area contributed by atoms with E-state index < -0.39 is 5.97 Å². The van der Waals surface area contributed by atoms with E-state index in [1.165, 1.54) is 0 Å². The first kappa shape index (κ1) is 16.5. The van der Waals surface area contributed by atoms with Crippen molar-refractivity contribution in [2.75, 3.05) is 5.32 Å². The van der Waals surface area contributed by atoms with Gasteiger partial charge in [0.1, 0.15) is 0 Å². The third-order valence-electron chi connectivity index (χ3n) is 3.34. The molecule has 0 aliphatic heterocycles. The summed E-state index contributed by atoms with van der Waals surface area (Å²) in [4.78, 5) is 11.0. The highest BCUT2D eigenvalue weighted by Crippen LogP contribution is 2.22. The second kappa shape index (κ2) is 7.32. The van der Waals surface area contributed by atoms with Crippen LogP contribution in [0.5, 0.6) is 0 Å². The Morgan fingerprint density at radius 2 is 1.70 bits per heavy atom. The van der Waals surface area contributed by atoms with Gasteiger partial charge in [0.2, 0.25) is 0 Å². The van der Waals surface area contributed by atoms with Crippen LogP contribution in [-0.4, -0.2) is 17.1 Å². The molecule has 0 spiro atoms. The van der Waals surface area contributed by atoms with Crippen LogP contribution in [0.3, 0.4) is 0 Å². The fraction of sp³-hybridized carbons (Fsp3) is 0.588. The minimum absolute atomic E-state index is 0.345. The number of rotatable bonds is 7. The Morgan fingerprint density at radius 1 is 1.15 bits per heavy atom. The van der Waals surface area contributed by atoms with Gasteiger partial charge in [0.15, 0.2) is 0 Å². The van der Waals surface area contributed by atoms with Gasteiger partial charge >= 0.3 is 5.97 Å². The van der Waals surface area contributed by atoms with Crippen LogP contribution in [0.15, 0.2) is 18.2 Å². The number of carboxylic acid groups (broad SMARTS) is 1. The number of nitrogens with one attached hydrogen (secondary N) is 1. The van der Waals surface area contributed by atoms with Crippen molar-refractivity contribution in [3.05, 3.63) is 29.3 Å². The molecule has 0 saturated heterocycles. The molecule has 112 valence electrons. The lowest BCUT2D eigenvalue weighted by molar-refractivity contribution is 0.0697. The zero-order valence-corrected chi connectivity index (χ0v) is 13.2. The highest BCUT2D eigenvalue weighted by Gasteiger charge is 2.14. The van der Waals surface area contributed by atoms with Crippen LogP contribution < -0.4 is 5.32 Å². The number of hydrogen-bond acceptors (Lipinski definition) is 2. The molecule has 20 heavy (non-hydrogen) atoms. The smallest absolute Gasteiger partial charge is 0.335 e. The van der Waals surface area contributed by atoms with E-state index >= 15 is 0 Å². The largest absolute Gasteiger partial charge is 0.478 e. The predicted molar refractivity (Wildman–Crippen MR) is 84.5 cm³/mol. The lowest BCUT2D eigenvalue weighted by Gasteiger charge is -2.24. The quantitative estimate of drug-likeness (QED) is 0.767. The number of anilines is 1. The Morgan fingerprint density at radius 3 is 2.10 bits per heavy atom. The van der Waals surface area contributed by atoms with Gasteiger partial charge in [-0.1, -0.05) is 27.7 Å². The average molecular weight is 277 g/mol. The Balaban J connectivity index is 2.84. The monoisotopic (exact) mass is 277 g/mol. The van der Waals surface area contributed by atoms with Gasteiger partial charge in [-0.15, -0.1) is 0 Å². The van der Waals surface area contributed by atoms with E-state index in [0.29, 0.717) is 23.4 Å². The van der Waals surface area contributed by atoms with E-state index in [2.05, 4.69) is 33.0 Å². The zero-order valence-electron chi connectivity index (χ0n) is 13.2.